The molecule has 1 aliphatic heterocycles. The van der Waals surface area contributed by atoms with Crippen molar-refractivity contribution in [3.05, 3.63) is 76.2 Å². The van der Waals surface area contributed by atoms with Crippen LogP contribution in [0.1, 0.15) is 11.3 Å². The van der Waals surface area contributed by atoms with Gasteiger partial charge in [0, 0.05) is 35.6 Å². The zero-order chi connectivity index (χ0) is 22.2. The van der Waals surface area contributed by atoms with Crippen LogP contribution in [0.3, 0.4) is 0 Å². The summed E-state index contributed by atoms with van der Waals surface area (Å²) in [5.41, 5.74) is 1.95. The molecule has 0 saturated carbocycles. The number of aromatic amines is 1. The van der Waals surface area contributed by atoms with Crippen molar-refractivity contribution >= 4 is 27.5 Å². The van der Waals surface area contributed by atoms with Crippen molar-refractivity contribution < 1.29 is 13.2 Å². The first-order valence-electron chi connectivity index (χ1n) is 9.37. The van der Waals surface area contributed by atoms with Gasteiger partial charge in [0.2, 0.25) is 5.91 Å². The van der Waals surface area contributed by atoms with Gasteiger partial charge in [0.05, 0.1) is 6.54 Å². The molecule has 0 fully saturated rings. The van der Waals surface area contributed by atoms with E-state index in [9.17, 15) is 18.0 Å². The number of likely N-dealkylation sites (N-methyl/N-ethyl adjacent to an activating group) is 1. The number of H-pyrrole nitrogens is 1. The Labute approximate surface area is 178 Å². The number of carbonyl (C=O) groups excluding carboxylic acids is 1. The molecule has 0 radical (unpaired) electrons. The molecule has 0 spiro atoms. The number of rotatable bonds is 4. The predicted molar refractivity (Wildman–Crippen MR) is 116 cm³/mol. The molecular formula is C21H19N5O4S. The van der Waals surface area contributed by atoms with E-state index in [2.05, 4.69) is 19.7 Å². The highest BCUT2D eigenvalue weighted by molar-refractivity contribution is 7.90. The van der Waals surface area contributed by atoms with Crippen LogP contribution in [-0.2, 0) is 14.8 Å². The average molecular weight is 437 g/mol. The molecule has 2 aromatic carbocycles. The van der Waals surface area contributed by atoms with Crippen LogP contribution in [0.25, 0.3) is 11.4 Å². The quantitative estimate of drug-likeness (QED) is 0.641. The summed E-state index contributed by atoms with van der Waals surface area (Å²) in [6, 6.07) is 14.8. The van der Waals surface area contributed by atoms with Crippen molar-refractivity contribution in [2.24, 2.45) is 4.40 Å². The Hall–Kier alpha value is -3.79. The van der Waals surface area contributed by atoms with Crippen molar-refractivity contribution in [2.75, 3.05) is 18.9 Å². The Kier molecular flexibility index (Phi) is 5.15. The van der Waals surface area contributed by atoms with Gasteiger partial charge in [-0.25, -0.2) is 4.98 Å². The molecule has 1 aliphatic rings. The molecule has 0 bridgehead atoms. The van der Waals surface area contributed by atoms with Gasteiger partial charge >= 0.3 is 0 Å². The fourth-order valence-electron chi connectivity index (χ4n) is 3.31. The van der Waals surface area contributed by atoms with Crippen LogP contribution in [0.4, 0.5) is 5.69 Å². The van der Waals surface area contributed by atoms with Crippen LogP contribution in [0.15, 0.2) is 68.7 Å². The lowest BCUT2D eigenvalue weighted by atomic mass is 10.1. The number of nitrogens with one attached hydrogen (secondary N) is 2. The third kappa shape index (κ3) is 4.24. The Balaban J connectivity index is 1.50. The van der Waals surface area contributed by atoms with Crippen molar-refractivity contribution in [2.45, 2.75) is 11.8 Å². The summed E-state index contributed by atoms with van der Waals surface area (Å²) >= 11 is 0. The molecule has 31 heavy (non-hydrogen) atoms. The summed E-state index contributed by atoms with van der Waals surface area (Å²) in [5.74, 6) is 0.274. The van der Waals surface area contributed by atoms with E-state index in [0.717, 1.165) is 0 Å². The second-order valence-corrected chi connectivity index (χ2v) is 8.68. The maximum Gasteiger partial charge on any atom is 0.285 e. The van der Waals surface area contributed by atoms with E-state index < -0.39 is 10.0 Å². The molecule has 9 nitrogen and oxygen atoms in total. The van der Waals surface area contributed by atoms with E-state index in [1.165, 1.54) is 17.0 Å². The third-order valence-corrected chi connectivity index (χ3v) is 5.97. The van der Waals surface area contributed by atoms with E-state index in [-0.39, 0.29) is 28.7 Å². The smallest absolute Gasteiger partial charge is 0.285 e. The minimum atomic E-state index is -3.76. The number of nitrogens with zero attached hydrogens (tertiary/aromatic N) is 3. The standard InChI is InChI=1S/C21H19N5O4S/c1-13-10-18(27)24-20(22-13)14-6-5-7-15(11-14)23-19(28)12-26(2)21-16-8-3-4-9-17(16)31(29,30)25-21/h3-11H,12H2,1-2H3,(H,23,28)(H,22,24,27). The number of benzene rings is 2. The molecule has 0 saturated heterocycles. The van der Waals surface area contributed by atoms with Gasteiger partial charge in [-0.2, -0.15) is 8.42 Å². The van der Waals surface area contributed by atoms with Crippen molar-refractivity contribution in [1.82, 2.24) is 14.9 Å². The normalized spacial score (nSPS) is 13.9. The highest BCUT2D eigenvalue weighted by Crippen LogP contribution is 2.27. The Bertz CT molecular complexity index is 1380. The monoisotopic (exact) mass is 437 g/mol. The van der Waals surface area contributed by atoms with E-state index in [1.807, 2.05) is 0 Å². The summed E-state index contributed by atoms with van der Waals surface area (Å²) < 4.78 is 28.2. The SMILES string of the molecule is Cc1cc(=O)[nH]c(-c2cccc(NC(=O)CN(C)C3=NS(=O)(=O)c4ccccc43)c2)n1. The highest BCUT2D eigenvalue weighted by atomic mass is 32.2. The number of aryl methyl sites for hydroxylation is 1. The minimum absolute atomic E-state index is 0.105. The van der Waals surface area contributed by atoms with E-state index in [0.29, 0.717) is 28.3 Å². The lowest BCUT2D eigenvalue weighted by molar-refractivity contribution is -0.116. The largest absolute Gasteiger partial charge is 0.349 e. The molecule has 10 heteroatoms. The lowest BCUT2D eigenvalue weighted by Crippen LogP contribution is -2.34. The van der Waals surface area contributed by atoms with Gasteiger partial charge in [-0.15, -0.1) is 4.40 Å². The maximum absolute atomic E-state index is 12.6. The molecule has 0 aliphatic carbocycles. The van der Waals surface area contributed by atoms with Gasteiger partial charge in [0.15, 0.2) is 5.84 Å². The number of carbonyl (C=O) groups is 1. The topological polar surface area (TPSA) is 125 Å². The first-order valence-corrected chi connectivity index (χ1v) is 10.8. The number of amides is 1. The summed E-state index contributed by atoms with van der Waals surface area (Å²) in [6.07, 6.45) is 0. The fraction of sp³-hybridized carbons (Fsp3) is 0.143. The number of hydrogen-bond donors (Lipinski definition) is 2. The van der Waals surface area contributed by atoms with E-state index >= 15 is 0 Å². The van der Waals surface area contributed by atoms with Gasteiger partial charge in [-0.3, -0.25) is 9.59 Å². The average Bonchev–Trinajstić information content (AvgIpc) is 2.99. The molecule has 0 unspecified atom stereocenters. The van der Waals surface area contributed by atoms with Crippen LogP contribution in [0, 0.1) is 6.92 Å². The molecule has 2 N–H and O–H groups in total. The van der Waals surface area contributed by atoms with E-state index in [4.69, 9.17) is 0 Å². The highest BCUT2D eigenvalue weighted by Gasteiger charge is 2.30. The predicted octanol–water partition coefficient (Wildman–Crippen LogP) is 1.76. The van der Waals surface area contributed by atoms with Crippen LogP contribution < -0.4 is 10.9 Å². The summed E-state index contributed by atoms with van der Waals surface area (Å²) in [6.45, 7) is 1.62. The molecule has 2 heterocycles. The Morgan fingerprint density at radius 3 is 2.68 bits per heavy atom. The minimum Gasteiger partial charge on any atom is -0.349 e. The number of anilines is 1. The van der Waals surface area contributed by atoms with Crippen molar-refractivity contribution in [3.8, 4) is 11.4 Å². The lowest BCUT2D eigenvalue weighted by Gasteiger charge is -2.18. The van der Waals surface area contributed by atoms with Gasteiger partial charge in [-0.1, -0.05) is 24.3 Å². The van der Waals surface area contributed by atoms with Crippen molar-refractivity contribution in [3.63, 3.8) is 0 Å². The number of aromatic nitrogens is 2. The third-order valence-electron chi connectivity index (χ3n) is 4.64. The summed E-state index contributed by atoms with van der Waals surface area (Å²) in [4.78, 5) is 32.9. The first kappa shape index (κ1) is 20.5. The van der Waals surface area contributed by atoms with Gasteiger partial charge in [0.25, 0.3) is 15.6 Å². The van der Waals surface area contributed by atoms with Crippen molar-refractivity contribution in [1.29, 1.82) is 0 Å². The number of hydrogen-bond acceptors (Lipinski definition) is 6. The molecule has 4 rings (SSSR count). The fourth-order valence-corrected chi connectivity index (χ4v) is 4.57. The summed E-state index contributed by atoms with van der Waals surface area (Å²) in [5, 5.41) is 2.78. The maximum atomic E-state index is 12.6. The van der Waals surface area contributed by atoms with E-state index in [1.54, 1.807) is 56.4 Å². The van der Waals surface area contributed by atoms with Crippen LogP contribution >= 0.6 is 0 Å². The molecule has 1 amide bonds. The molecule has 3 aromatic rings. The number of fused-ring (bicyclic) bond motifs is 1. The van der Waals surface area contributed by atoms with Crippen LogP contribution in [0.5, 0.6) is 0 Å². The Morgan fingerprint density at radius 2 is 1.90 bits per heavy atom. The van der Waals surface area contributed by atoms with Crippen LogP contribution in [-0.4, -0.2) is 48.6 Å². The van der Waals surface area contributed by atoms with Gasteiger partial charge in [-0.05, 0) is 31.2 Å². The zero-order valence-electron chi connectivity index (χ0n) is 16.8. The van der Waals surface area contributed by atoms with Crippen LogP contribution in [0.2, 0.25) is 0 Å². The zero-order valence-corrected chi connectivity index (χ0v) is 17.6. The Morgan fingerprint density at radius 1 is 1.13 bits per heavy atom. The molecule has 1 aromatic heterocycles. The summed E-state index contributed by atoms with van der Waals surface area (Å²) in [7, 11) is -2.15. The van der Waals surface area contributed by atoms with Gasteiger partial charge < -0.3 is 15.2 Å². The second-order valence-electron chi connectivity index (χ2n) is 7.11. The molecular weight excluding hydrogens is 418 g/mol. The van der Waals surface area contributed by atoms with Gasteiger partial charge in [0.1, 0.15) is 10.7 Å². The first-order chi connectivity index (χ1) is 14.7. The molecule has 0 atom stereocenters. The number of amidine groups is 1. The molecule has 158 valence electrons. The second kappa shape index (κ2) is 7.80. The number of sulfonamides is 1.